The molecular weight excluding hydrogens is 759 g/mol. The molecule has 15 heteroatoms. The molecule has 0 bridgehead atoms. The van der Waals surface area contributed by atoms with Crippen LogP contribution in [0, 0.1) is 5.92 Å². The van der Waals surface area contributed by atoms with Crippen molar-refractivity contribution in [3.8, 4) is 0 Å². The van der Waals surface area contributed by atoms with E-state index in [-0.39, 0.29) is 32.2 Å². The minimum atomic E-state index is -1.48. The summed E-state index contributed by atoms with van der Waals surface area (Å²) in [5.41, 5.74) is 3.44. The number of aliphatic hydroxyl groups excluding tert-OH is 1. The van der Waals surface area contributed by atoms with Gasteiger partial charge in [-0.1, -0.05) is 112 Å². The van der Waals surface area contributed by atoms with Gasteiger partial charge in [0.1, 0.15) is 30.3 Å². The van der Waals surface area contributed by atoms with Gasteiger partial charge in [0.15, 0.2) is 0 Å². The number of carbonyl (C=O) groups excluding carboxylic acids is 6. The number of ether oxygens (including phenoxy) is 1. The number of fused-ring (bicyclic) bond motifs is 1. The van der Waals surface area contributed by atoms with Crippen LogP contribution in [0.1, 0.15) is 62.3 Å². The van der Waals surface area contributed by atoms with E-state index >= 15 is 0 Å². The third-order valence-electron chi connectivity index (χ3n) is 10.6. The predicted octanol–water partition coefficient (Wildman–Crippen LogP) is 2.56. The number of carboxylic acid groups (broad SMARTS) is 1. The molecule has 0 aromatic heterocycles. The zero-order chi connectivity index (χ0) is 42.6. The largest absolute Gasteiger partial charge is 0.480 e. The second-order valence-corrected chi connectivity index (χ2v) is 15.4. The highest BCUT2D eigenvalue weighted by Crippen LogP contribution is 2.26. The molecule has 2 heterocycles. The summed E-state index contributed by atoms with van der Waals surface area (Å²) in [5, 5.41) is 28.1. The molecule has 59 heavy (non-hydrogen) atoms. The molecule has 3 aromatic rings. The van der Waals surface area contributed by atoms with Crippen LogP contribution in [0.3, 0.4) is 0 Å². The van der Waals surface area contributed by atoms with Crippen molar-refractivity contribution in [1.82, 2.24) is 25.8 Å². The van der Waals surface area contributed by atoms with Crippen molar-refractivity contribution in [3.63, 3.8) is 0 Å². The van der Waals surface area contributed by atoms with Crippen LogP contribution in [0.2, 0.25) is 0 Å². The normalized spacial score (nSPS) is 18.1. The molecule has 0 saturated carbocycles. The summed E-state index contributed by atoms with van der Waals surface area (Å²) in [6.07, 6.45) is -2.30. The second kappa shape index (κ2) is 20.6. The molecule has 2 aliphatic rings. The number of nitrogens with zero attached hydrogens (tertiary/aromatic N) is 2. The van der Waals surface area contributed by atoms with Crippen LogP contribution < -0.4 is 16.0 Å². The van der Waals surface area contributed by atoms with Crippen LogP contribution in [0.5, 0.6) is 0 Å². The SMILES string of the molecule is CCCC(NC(=O)[C@@H]1C[C@H](OC(=O)N2CCc3ccccc3C2)CN1C(=O)[C@@H](NC(=O)[C@@H](O)Cc1ccccc1)C(C)C)C(=O)C(=O)N[C@@H](Cc1ccccc1)C(=O)O. The van der Waals surface area contributed by atoms with E-state index in [0.717, 1.165) is 11.1 Å². The highest BCUT2D eigenvalue weighted by Gasteiger charge is 2.46. The number of amides is 5. The fourth-order valence-corrected chi connectivity index (χ4v) is 7.38. The highest BCUT2D eigenvalue weighted by molar-refractivity contribution is 6.38. The number of aliphatic carboxylic acids is 1. The summed E-state index contributed by atoms with van der Waals surface area (Å²) in [6, 6.07) is 19.9. The minimum absolute atomic E-state index is 0.000680. The number of Topliss-reactive ketones (excluding diaryl/α,β-unsaturated/α-hetero) is 1. The van der Waals surface area contributed by atoms with Crippen molar-refractivity contribution in [2.24, 2.45) is 5.92 Å². The average Bonchev–Trinajstić information content (AvgIpc) is 3.66. The molecule has 1 unspecified atom stereocenters. The van der Waals surface area contributed by atoms with Gasteiger partial charge in [-0.15, -0.1) is 0 Å². The lowest BCUT2D eigenvalue weighted by molar-refractivity contribution is -0.146. The molecule has 1 fully saturated rings. The van der Waals surface area contributed by atoms with Crippen LogP contribution in [-0.2, 0) is 59.3 Å². The Balaban J connectivity index is 1.33. The molecule has 15 nitrogen and oxygen atoms in total. The predicted molar refractivity (Wildman–Crippen MR) is 215 cm³/mol. The average molecular weight is 812 g/mol. The van der Waals surface area contributed by atoms with E-state index < -0.39 is 83.8 Å². The van der Waals surface area contributed by atoms with Crippen molar-refractivity contribution in [2.45, 2.75) is 102 Å². The Hall–Kier alpha value is -6.09. The first-order valence-corrected chi connectivity index (χ1v) is 20.0. The van der Waals surface area contributed by atoms with E-state index in [2.05, 4.69) is 16.0 Å². The first-order chi connectivity index (χ1) is 28.2. The van der Waals surface area contributed by atoms with Gasteiger partial charge in [-0.2, -0.15) is 0 Å². The maximum Gasteiger partial charge on any atom is 0.410 e. The zero-order valence-electron chi connectivity index (χ0n) is 33.5. The smallest absolute Gasteiger partial charge is 0.410 e. The Morgan fingerprint density at radius 1 is 0.797 bits per heavy atom. The van der Waals surface area contributed by atoms with Crippen LogP contribution >= 0.6 is 0 Å². The Labute approximate surface area is 343 Å². The third-order valence-corrected chi connectivity index (χ3v) is 10.6. The van der Waals surface area contributed by atoms with E-state index in [9.17, 15) is 43.8 Å². The molecule has 5 rings (SSSR count). The summed E-state index contributed by atoms with van der Waals surface area (Å²) in [7, 11) is 0. The van der Waals surface area contributed by atoms with Crippen molar-refractivity contribution >= 4 is 41.5 Å². The summed E-state index contributed by atoms with van der Waals surface area (Å²) < 4.78 is 5.90. The first kappa shape index (κ1) is 44.0. The summed E-state index contributed by atoms with van der Waals surface area (Å²) in [4.78, 5) is 96.9. The molecule has 1 saturated heterocycles. The van der Waals surface area contributed by atoms with Crippen molar-refractivity contribution in [2.75, 3.05) is 13.1 Å². The van der Waals surface area contributed by atoms with E-state index in [0.29, 0.717) is 37.1 Å². The van der Waals surface area contributed by atoms with Gasteiger partial charge < -0.3 is 40.7 Å². The Bertz CT molecular complexity index is 1980. The number of benzene rings is 3. The molecule has 5 N–H and O–H groups in total. The monoisotopic (exact) mass is 811 g/mol. The summed E-state index contributed by atoms with van der Waals surface area (Å²) in [6.45, 7) is 5.63. The van der Waals surface area contributed by atoms with Gasteiger partial charge >= 0.3 is 12.1 Å². The Kier molecular flexibility index (Phi) is 15.3. The summed E-state index contributed by atoms with van der Waals surface area (Å²) >= 11 is 0. The lowest BCUT2D eigenvalue weighted by Crippen LogP contribution is -2.58. The second-order valence-electron chi connectivity index (χ2n) is 15.4. The molecule has 3 aromatic carbocycles. The van der Waals surface area contributed by atoms with Crippen molar-refractivity contribution in [3.05, 3.63) is 107 Å². The van der Waals surface area contributed by atoms with Crippen LogP contribution in [0.25, 0.3) is 0 Å². The van der Waals surface area contributed by atoms with Gasteiger partial charge in [-0.3, -0.25) is 24.0 Å². The van der Waals surface area contributed by atoms with Crippen molar-refractivity contribution < 1.29 is 48.5 Å². The summed E-state index contributed by atoms with van der Waals surface area (Å²) in [5.74, 6) is -6.39. The number of hydrogen-bond donors (Lipinski definition) is 5. The number of rotatable bonds is 17. The van der Waals surface area contributed by atoms with Gasteiger partial charge in [0, 0.05) is 32.4 Å². The van der Waals surface area contributed by atoms with E-state index in [4.69, 9.17) is 4.74 Å². The maximum atomic E-state index is 14.4. The number of aliphatic hydroxyl groups is 1. The van der Waals surface area contributed by atoms with Crippen molar-refractivity contribution in [1.29, 1.82) is 0 Å². The lowest BCUT2D eigenvalue weighted by Gasteiger charge is -2.31. The fraction of sp³-hybridized carbons (Fsp3) is 0.432. The van der Waals surface area contributed by atoms with E-state index in [1.54, 1.807) is 86.3 Å². The highest BCUT2D eigenvalue weighted by atomic mass is 16.6. The molecule has 0 radical (unpaired) electrons. The van der Waals surface area contributed by atoms with Gasteiger partial charge in [-0.25, -0.2) is 9.59 Å². The molecule has 2 aliphatic heterocycles. The van der Waals surface area contributed by atoms with Gasteiger partial charge in [0.25, 0.3) is 5.91 Å². The van der Waals surface area contributed by atoms with Gasteiger partial charge in [0.05, 0.1) is 12.6 Å². The van der Waals surface area contributed by atoms with Gasteiger partial charge in [0.2, 0.25) is 23.5 Å². The Morgan fingerprint density at radius 3 is 2.02 bits per heavy atom. The Morgan fingerprint density at radius 2 is 1.41 bits per heavy atom. The number of carboxylic acids is 1. The number of hydrogen-bond acceptors (Lipinski definition) is 9. The van der Waals surface area contributed by atoms with Crippen LogP contribution in [0.4, 0.5) is 4.79 Å². The maximum absolute atomic E-state index is 14.4. The minimum Gasteiger partial charge on any atom is -0.480 e. The van der Waals surface area contributed by atoms with Gasteiger partial charge in [-0.05, 0) is 41.0 Å². The third kappa shape index (κ3) is 11.7. The van der Waals surface area contributed by atoms with E-state index in [1.807, 2.05) is 24.3 Å². The van der Waals surface area contributed by atoms with Crippen LogP contribution in [-0.4, -0.2) is 111 Å². The molecule has 5 amide bonds. The fourth-order valence-electron chi connectivity index (χ4n) is 7.38. The number of nitrogens with one attached hydrogen (secondary N) is 3. The van der Waals surface area contributed by atoms with E-state index in [1.165, 1.54) is 4.90 Å². The number of ketones is 1. The zero-order valence-corrected chi connectivity index (χ0v) is 33.5. The molecule has 0 spiro atoms. The molecular formula is C44H53N5O10. The number of carbonyl (C=O) groups is 7. The topological polar surface area (TPSA) is 212 Å². The standard InChI is InChI=1S/C44H53N5O10/c1-4-13-33(38(51)41(54)46-34(43(56)57)22-28-14-7-5-8-15-28)45-39(52)35-24-32(59-44(58)48-21-20-30-18-11-12-19-31(30)25-48)26-49(35)42(55)37(27(2)3)47-40(53)36(50)23-29-16-9-6-10-17-29/h5-12,14-19,27,32-37,50H,4,13,20-26H2,1-3H3,(H,45,52)(H,46,54)(H,47,53)(H,56,57)/t32-,33?,34-,35-,36-,37-/m0/s1. The first-order valence-electron chi connectivity index (χ1n) is 20.0. The quantitative estimate of drug-likeness (QED) is 0.126. The molecule has 314 valence electrons. The molecule has 0 aliphatic carbocycles. The molecule has 6 atom stereocenters. The van der Waals surface area contributed by atoms with Crippen LogP contribution in [0.15, 0.2) is 84.9 Å². The lowest BCUT2D eigenvalue weighted by atomic mass is 10.0. The number of likely N-dealkylation sites (tertiary alicyclic amines) is 1.